The van der Waals surface area contributed by atoms with E-state index in [-0.39, 0.29) is 18.4 Å². The lowest BCUT2D eigenvalue weighted by Crippen LogP contribution is -2.46. The Bertz CT molecular complexity index is 460. The maximum Gasteiger partial charge on any atom is 0.263 e. The fourth-order valence-corrected chi connectivity index (χ4v) is 2.58. The number of rotatable bonds is 5. The van der Waals surface area contributed by atoms with Gasteiger partial charge in [0.25, 0.3) is 5.91 Å². The van der Waals surface area contributed by atoms with Gasteiger partial charge in [-0.3, -0.25) is 4.79 Å². The first-order valence-electron chi connectivity index (χ1n) is 7.34. The van der Waals surface area contributed by atoms with E-state index >= 15 is 0 Å². The number of hydrogen-bond acceptors (Lipinski definition) is 4. The van der Waals surface area contributed by atoms with E-state index in [1.54, 1.807) is 43.2 Å². The number of nitrogens with zero attached hydrogens (tertiary/aromatic N) is 1. The van der Waals surface area contributed by atoms with Crippen molar-refractivity contribution in [2.75, 3.05) is 26.8 Å². The molecule has 2 unspecified atom stereocenters. The SMILES string of the molecule is COc1ccc(OC(C)C(=O)N2CCCC(CO)C2)cc1. The Labute approximate surface area is 125 Å². The van der Waals surface area contributed by atoms with E-state index in [1.807, 2.05) is 0 Å². The highest BCUT2D eigenvalue weighted by Gasteiger charge is 2.27. The van der Waals surface area contributed by atoms with Crippen LogP contribution in [0, 0.1) is 5.92 Å². The topological polar surface area (TPSA) is 59.0 Å². The summed E-state index contributed by atoms with van der Waals surface area (Å²) in [6.07, 6.45) is 1.39. The van der Waals surface area contributed by atoms with Gasteiger partial charge in [-0.2, -0.15) is 0 Å². The Hall–Kier alpha value is -1.75. The summed E-state index contributed by atoms with van der Waals surface area (Å²) < 4.78 is 10.8. The molecule has 0 aromatic heterocycles. The van der Waals surface area contributed by atoms with Gasteiger partial charge >= 0.3 is 0 Å². The second kappa shape index (κ2) is 7.31. The van der Waals surface area contributed by atoms with E-state index in [0.29, 0.717) is 12.3 Å². The normalized spacial score (nSPS) is 20.0. The Kier molecular flexibility index (Phi) is 5.44. The van der Waals surface area contributed by atoms with Crippen molar-refractivity contribution in [3.63, 3.8) is 0 Å². The molecule has 0 spiro atoms. The summed E-state index contributed by atoms with van der Waals surface area (Å²) in [5, 5.41) is 9.23. The molecule has 0 saturated carbocycles. The third kappa shape index (κ3) is 4.11. The van der Waals surface area contributed by atoms with Gasteiger partial charge in [-0.25, -0.2) is 0 Å². The van der Waals surface area contributed by atoms with Gasteiger partial charge in [-0.15, -0.1) is 0 Å². The van der Waals surface area contributed by atoms with Crippen molar-refractivity contribution >= 4 is 5.91 Å². The van der Waals surface area contributed by atoms with E-state index in [9.17, 15) is 9.90 Å². The summed E-state index contributed by atoms with van der Waals surface area (Å²) in [6, 6.07) is 7.18. The zero-order valence-corrected chi connectivity index (χ0v) is 12.6. The standard InChI is InChI=1S/C16H23NO4/c1-12(21-15-7-5-14(20-2)6-8-15)16(19)17-9-3-4-13(10-17)11-18/h5-8,12-13,18H,3-4,9-11H2,1-2H3. The average Bonchev–Trinajstić information content (AvgIpc) is 2.54. The van der Waals surface area contributed by atoms with Crippen molar-refractivity contribution in [2.45, 2.75) is 25.9 Å². The highest BCUT2D eigenvalue weighted by atomic mass is 16.5. The van der Waals surface area contributed by atoms with Crippen LogP contribution in [0.3, 0.4) is 0 Å². The molecule has 1 N–H and O–H groups in total. The number of benzene rings is 1. The number of ether oxygens (including phenoxy) is 2. The molecule has 1 amide bonds. The van der Waals surface area contributed by atoms with Crippen LogP contribution in [0.1, 0.15) is 19.8 Å². The summed E-state index contributed by atoms with van der Waals surface area (Å²) in [4.78, 5) is 14.2. The summed E-state index contributed by atoms with van der Waals surface area (Å²) in [6.45, 7) is 3.25. The van der Waals surface area contributed by atoms with E-state index in [2.05, 4.69) is 0 Å². The number of carbonyl (C=O) groups excluding carboxylic acids is 1. The van der Waals surface area contributed by atoms with Gasteiger partial charge < -0.3 is 19.5 Å². The average molecular weight is 293 g/mol. The molecule has 5 nitrogen and oxygen atoms in total. The molecule has 1 saturated heterocycles. The zero-order valence-electron chi connectivity index (χ0n) is 12.6. The third-order valence-corrected chi connectivity index (χ3v) is 3.81. The number of hydrogen-bond donors (Lipinski definition) is 1. The molecular formula is C16H23NO4. The summed E-state index contributed by atoms with van der Waals surface area (Å²) in [7, 11) is 1.61. The second-order valence-electron chi connectivity index (χ2n) is 5.41. The minimum absolute atomic E-state index is 0.0241. The highest BCUT2D eigenvalue weighted by molar-refractivity contribution is 5.81. The van der Waals surface area contributed by atoms with Crippen molar-refractivity contribution in [3.05, 3.63) is 24.3 Å². The van der Waals surface area contributed by atoms with Crippen LogP contribution in [0.5, 0.6) is 11.5 Å². The van der Waals surface area contributed by atoms with Crippen molar-refractivity contribution in [3.8, 4) is 11.5 Å². The highest BCUT2D eigenvalue weighted by Crippen LogP contribution is 2.20. The van der Waals surface area contributed by atoms with Crippen LogP contribution in [0.4, 0.5) is 0 Å². The fourth-order valence-electron chi connectivity index (χ4n) is 2.58. The van der Waals surface area contributed by atoms with Gasteiger partial charge in [0.15, 0.2) is 6.10 Å². The molecule has 1 fully saturated rings. The molecule has 116 valence electrons. The minimum atomic E-state index is -0.532. The number of carbonyl (C=O) groups is 1. The van der Waals surface area contributed by atoms with Crippen molar-refractivity contribution in [1.29, 1.82) is 0 Å². The van der Waals surface area contributed by atoms with Gasteiger partial charge in [0.2, 0.25) is 0 Å². The molecule has 2 atom stereocenters. The van der Waals surface area contributed by atoms with Gasteiger partial charge in [0.05, 0.1) is 7.11 Å². The largest absolute Gasteiger partial charge is 0.497 e. The molecule has 0 radical (unpaired) electrons. The molecule has 1 aliphatic rings. The van der Waals surface area contributed by atoms with Crippen LogP contribution in [0.25, 0.3) is 0 Å². The Morgan fingerprint density at radius 1 is 1.38 bits per heavy atom. The monoisotopic (exact) mass is 293 g/mol. The molecule has 1 aliphatic heterocycles. The minimum Gasteiger partial charge on any atom is -0.497 e. The summed E-state index contributed by atoms with van der Waals surface area (Å²) in [5.41, 5.74) is 0. The first-order valence-corrected chi connectivity index (χ1v) is 7.34. The maximum absolute atomic E-state index is 12.4. The van der Waals surface area contributed by atoms with E-state index < -0.39 is 6.10 Å². The molecule has 1 heterocycles. The first-order chi connectivity index (χ1) is 10.1. The van der Waals surface area contributed by atoms with Gasteiger partial charge in [-0.1, -0.05) is 0 Å². The molecule has 0 aliphatic carbocycles. The Morgan fingerprint density at radius 2 is 2.05 bits per heavy atom. The zero-order chi connectivity index (χ0) is 15.2. The number of likely N-dealkylation sites (tertiary alicyclic amines) is 1. The number of aliphatic hydroxyl groups excluding tert-OH is 1. The van der Waals surface area contributed by atoms with Gasteiger partial charge in [0, 0.05) is 19.7 Å². The Balaban J connectivity index is 1.92. The van der Waals surface area contributed by atoms with Gasteiger partial charge in [0.1, 0.15) is 11.5 Å². The molecule has 5 heteroatoms. The molecule has 1 aromatic rings. The Morgan fingerprint density at radius 3 is 2.67 bits per heavy atom. The van der Waals surface area contributed by atoms with E-state index in [4.69, 9.17) is 9.47 Å². The molecular weight excluding hydrogens is 270 g/mol. The number of piperidine rings is 1. The van der Waals surface area contributed by atoms with Crippen molar-refractivity contribution in [2.24, 2.45) is 5.92 Å². The summed E-state index contributed by atoms with van der Waals surface area (Å²) >= 11 is 0. The number of amides is 1. The number of aliphatic hydroxyl groups is 1. The quantitative estimate of drug-likeness (QED) is 0.897. The van der Waals surface area contributed by atoms with Crippen molar-refractivity contribution in [1.82, 2.24) is 4.90 Å². The lowest BCUT2D eigenvalue weighted by Gasteiger charge is -2.33. The molecule has 0 bridgehead atoms. The molecule has 21 heavy (non-hydrogen) atoms. The molecule has 2 rings (SSSR count). The predicted octanol–water partition coefficient (Wildman–Crippen LogP) is 1.69. The summed E-state index contributed by atoms with van der Waals surface area (Å²) in [5.74, 6) is 1.57. The smallest absolute Gasteiger partial charge is 0.263 e. The van der Waals surface area contributed by atoms with Crippen LogP contribution in [0.15, 0.2) is 24.3 Å². The maximum atomic E-state index is 12.4. The second-order valence-corrected chi connectivity index (χ2v) is 5.41. The fraction of sp³-hybridized carbons (Fsp3) is 0.562. The van der Waals surface area contributed by atoms with E-state index in [0.717, 1.165) is 25.1 Å². The van der Waals surface area contributed by atoms with Crippen LogP contribution in [-0.2, 0) is 4.79 Å². The third-order valence-electron chi connectivity index (χ3n) is 3.81. The lowest BCUT2D eigenvalue weighted by molar-refractivity contribution is -0.140. The first kappa shape index (κ1) is 15.6. The van der Waals surface area contributed by atoms with Crippen LogP contribution < -0.4 is 9.47 Å². The van der Waals surface area contributed by atoms with Crippen LogP contribution >= 0.6 is 0 Å². The predicted molar refractivity (Wildman–Crippen MR) is 79.5 cm³/mol. The van der Waals surface area contributed by atoms with Crippen LogP contribution in [-0.4, -0.2) is 48.8 Å². The number of methoxy groups -OCH3 is 1. The van der Waals surface area contributed by atoms with E-state index in [1.165, 1.54) is 0 Å². The van der Waals surface area contributed by atoms with Crippen LogP contribution in [0.2, 0.25) is 0 Å². The van der Waals surface area contributed by atoms with Gasteiger partial charge in [-0.05, 0) is 49.9 Å². The van der Waals surface area contributed by atoms with Crippen molar-refractivity contribution < 1.29 is 19.4 Å². The molecule has 1 aromatic carbocycles. The lowest BCUT2D eigenvalue weighted by atomic mass is 9.99.